The minimum atomic E-state index is -0.517. The maximum absolute atomic E-state index is 11.3. The lowest BCUT2D eigenvalue weighted by atomic mass is 9.95. The molecule has 0 aromatic carbocycles. The first-order valence-corrected chi connectivity index (χ1v) is 4.53. The van der Waals surface area contributed by atoms with Gasteiger partial charge in [-0.3, -0.25) is 4.79 Å². The monoisotopic (exact) mass is 193 g/mol. The van der Waals surface area contributed by atoms with E-state index < -0.39 is 5.41 Å². The predicted molar refractivity (Wildman–Crippen MR) is 49.2 cm³/mol. The van der Waals surface area contributed by atoms with Crippen molar-refractivity contribution in [3.8, 4) is 0 Å². The first-order valence-electron chi connectivity index (χ1n) is 3.99. The van der Waals surface area contributed by atoms with Crippen molar-refractivity contribution in [3.05, 3.63) is 0 Å². The molecule has 3 nitrogen and oxygen atoms in total. The van der Waals surface area contributed by atoms with Gasteiger partial charge < -0.3 is 10.4 Å². The molecule has 4 heteroatoms. The summed E-state index contributed by atoms with van der Waals surface area (Å²) in [6.45, 7) is 4.18. The van der Waals surface area contributed by atoms with Gasteiger partial charge in [-0.2, -0.15) is 0 Å². The van der Waals surface area contributed by atoms with E-state index in [4.69, 9.17) is 16.7 Å². The van der Waals surface area contributed by atoms with Crippen molar-refractivity contribution < 1.29 is 9.90 Å². The Morgan fingerprint density at radius 3 is 2.58 bits per heavy atom. The molecule has 0 atom stereocenters. The molecule has 0 bridgehead atoms. The number of amides is 1. The van der Waals surface area contributed by atoms with E-state index in [0.29, 0.717) is 18.8 Å². The maximum Gasteiger partial charge on any atom is 0.226 e. The third kappa shape index (κ3) is 3.93. The number of alkyl halides is 1. The Morgan fingerprint density at radius 1 is 1.58 bits per heavy atom. The Hall–Kier alpha value is -0.280. The van der Waals surface area contributed by atoms with E-state index >= 15 is 0 Å². The summed E-state index contributed by atoms with van der Waals surface area (Å²) in [5.41, 5.74) is -0.517. The zero-order valence-corrected chi connectivity index (χ0v) is 8.32. The lowest BCUT2D eigenvalue weighted by Gasteiger charge is -2.19. The first kappa shape index (κ1) is 11.7. The zero-order chi connectivity index (χ0) is 9.61. The second kappa shape index (κ2) is 5.38. The van der Waals surface area contributed by atoms with Crippen molar-refractivity contribution in [2.45, 2.75) is 20.3 Å². The summed E-state index contributed by atoms with van der Waals surface area (Å²) in [5, 5.41) is 11.2. The zero-order valence-electron chi connectivity index (χ0n) is 7.56. The highest BCUT2D eigenvalue weighted by Crippen LogP contribution is 2.16. The van der Waals surface area contributed by atoms with Gasteiger partial charge in [0.15, 0.2) is 0 Å². The molecule has 0 aliphatic rings. The molecule has 0 fully saturated rings. The van der Waals surface area contributed by atoms with Crippen molar-refractivity contribution >= 4 is 17.5 Å². The van der Waals surface area contributed by atoms with Gasteiger partial charge in [0.1, 0.15) is 0 Å². The Morgan fingerprint density at radius 2 is 2.17 bits per heavy atom. The largest absolute Gasteiger partial charge is 0.396 e. The molecule has 1 amide bonds. The van der Waals surface area contributed by atoms with Crippen LogP contribution in [0.1, 0.15) is 20.3 Å². The first-order chi connectivity index (χ1) is 5.54. The number of carbonyl (C=O) groups is 1. The van der Waals surface area contributed by atoms with Crippen LogP contribution in [0.25, 0.3) is 0 Å². The van der Waals surface area contributed by atoms with Gasteiger partial charge in [-0.1, -0.05) is 0 Å². The summed E-state index contributed by atoms with van der Waals surface area (Å²) >= 11 is 5.59. The number of halogens is 1. The maximum atomic E-state index is 11.3. The quantitative estimate of drug-likeness (QED) is 0.500. The van der Waals surface area contributed by atoms with Gasteiger partial charge >= 0.3 is 0 Å². The average molecular weight is 194 g/mol. The molecule has 0 spiro atoms. The number of hydrogen-bond donors (Lipinski definition) is 2. The number of aliphatic hydroxyl groups is 1. The Kier molecular flexibility index (Phi) is 5.25. The Balaban J connectivity index is 3.72. The van der Waals surface area contributed by atoms with Crippen LogP contribution >= 0.6 is 11.6 Å². The summed E-state index contributed by atoms with van der Waals surface area (Å²) in [6, 6.07) is 0. The Bertz CT molecular complexity index is 148. The molecule has 0 saturated heterocycles. The van der Waals surface area contributed by atoms with Gasteiger partial charge in [0, 0.05) is 19.0 Å². The number of hydrogen-bond acceptors (Lipinski definition) is 2. The SMILES string of the molecule is CC(C)(CCl)C(=O)NCCCO. The van der Waals surface area contributed by atoms with E-state index in [-0.39, 0.29) is 12.5 Å². The second-order valence-corrected chi connectivity index (χ2v) is 3.62. The summed E-state index contributed by atoms with van der Waals surface area (Å²) in [5.74, 6) is 0.240. The fourth-order valence-electron chi connectivity index (χ4n) is 0.581. The van der Waals surface area contributed by atoms with Gasteiger partial charge in [-0.05, 0) is 20.3 Å². The predicted octanol–water partition coefficient (Wildman–Crippen LogP) is 0.750. The molecule has 0 rings (SSSR count). The van der Waals surface area contributed by atoms with E-state index in [2.05, 4.69) is 5.32 Å². The van der Waals surface area contributed by atoms with Gasteiger partial charge in [0.25, 0.3) is 0 Å². The highest BCUT2D eigenvalue weighted by Gasteiger charge is 2.25. The smallest absolute Gasteiger partial charge is 0.226 e. The van der Waals surface area contributed by atoms with Crippen LogP contribution in [0.3, 0.4) is 0 Å². The molecule has 2 N–H and O–H groups in total. The van der Waals surface area contributed by atoms with Crippen LogP contribution in [-0.2, 0) is 4.79 Å². The van der Waals surface area contributed by atoms with Crippen molar-refractivity contribution in [2.24, 2.45) is 5.41 Å². The summed E-state index contributed by atoms with van der Waals surface area (Å²) in [4.78, 5) is 11.3. The van der Waals surface area contributed by atoms with Crippen molar-refractivity contribution in [1.82, 2.24) is 5.32 Å². The van der Waals surface area contributed by atoms with Crippen LogP contribution in [0.2, 0.25) is 0 Å². The molecule has 0 aromatic heterocycles. The van der Waals surface area contributed by atoms with Crippen LogP contribution in [0.5, 0.6) is 0 Å². The minimum absolute atomic E-state index is 0.0639. The van der Waals surface area contributed by atoms with Crippen molar-refractivity contribution in [3.63, 3.8) is 0 Å². The summed E-state index contributed by atoms with van der Waals surface area (Å²) < 4.78 is 0. The van der Waals surface area contributed by atoms with Gasteiger partial charge in [-0.25, -0.2) is 0 Å². The van der Waals surface area contributed by atoms with E-state index in [1.165, 1.54) is 0 Å². The average Bonchev–Trinajstić information content (AvgIpc) is 2.05. The van der Waals surface area contributed by atoms with E-state index in [1.807, 2.05) is 0 Å². The number of nitrogens with one attached hydrogen (secondary N) is 1. The molecule has 0 radical (unpaired) electrons. The number of rotatable bonds is 5. The summed E-state index contributed by atoms with van der Waals surface area (Å²) in [7, 11) is 0. The van der Waals surface area contributed by atoms with Crippen LogP contribution in [0, 0.1) is 5.41 Å². The molecule has 12 heavy (non-hydrogen) atoms. The lowest BCUT2D eigenvalue weighted by Crippen LogP contribution is -2.38. The normalized spacial score (nSPS) is 11.3. The molecular weight excluding hydrogens is 178 g/mol. The molecule has 0 unspecified atom stereocenters. The molecule has 0 aromatic rings. The lowest BCUT2D eigenvalue weighted by molar-refractivity contribution is -0.128. The van der Waals surface area contributed by atoms with E-state index in [9.17, 15) is 4.79 Å². The van der Waals surface area contributed by atoms with Crippen molar-refractivity contribution in [1.29, 1.82) is 0 Å². The fraction of sp³-hybridized carbons (Fsp3) is 0.875. The fourth-order valence-corrected chi connectivity index (χ4v) is 0.702. The van der Waals surface area contributed by atoms with E-state index in [1.54, 1.807) is 13.8 Å². The van der Waals surface area contributed by atoms with Crippen LogP contribution in [-0.4, -0.2) is 30.0 Å². The van der Waals surface area contributed by atoms with Gasteiger partial charge in [-0.15, -0.1) is 11.6 Å². The highest BCUT2D eigenvalue weighted by molar-refractivity contribution is 6.19. The third-order valence-electron chi connectivity index (χ3n) is 1.57. The summed E-state index contributed by atoms with van der Waals surface area (Å²) in [6.07, 6.45) is 0.587. The third-order valence-corrected chi connectivity index (χ3v) is 2.24. The molecule has 0 saturated carbocycles. The van der Waals surface area contributed by atoms with Crippen LogP contribution < -0.4 is 5.32 Å². The standard InChI is InChI=1S/C8H16ClNO2/c1-8(2,6-9)7(12)10-4-3-5-11/h11H,3-6H2,1-2H3,(H,10,12). The molecule has 0 aliphatic carbocycles. The number of aliphatic hydroxyl groups excluding tert-OH is 1. The molecular formula is C8H16ClNO2. The topological polar surface area (TPSA) is 49.3 Å². The van der Waals surface area contributed by atoms with E-state index in [0.717, 1.165) is 0 Å². The molecule has 0 aliphatic heterocycles. The second-order valence-electron chi connectivity index (χ2n) is 3.35. The minimum Gasteiger partial charge on any atom is -0.396 e. The Labute approximate surface area is 78.1 Å². The molecule has 0 heterocycles. The van der Waals surface area contributed by atoms with Gasteiger partial charge in [0.05, 0.1) is 5.41 Å². The van der Waals surface area contributed by atoms with Gasteiger partial charge in [0.2, 0.25) is 5.91 Å². The number of carbonyl (C=O) groups excluding carboxylic acids is 1. The highest BCUT2D eigenvalue weighted by atomic mass is 35.5. The molecule has 72 valence electrons. The van der Waals surface area contributed by atoms with Crippen molar-refractivity contribution in [2.75, 3.05) is 19.0 Å². The van der Waals surface area contributed by atoms with Crippen LogP contribution in [0.4, 0.5) is 0 Å². The van der Waals surface area contributed by atoms with Crippen LogP contribution in [0.15, 0.2) is 0 Å².